The molecular weight excluding hydrogens is 556 g/mol. The third kappa shape index (κ3) is 6.04. The van der Waals surface area contributed by atoms with Crippen LogP contribution in [-0.2, 0) is 20.8 Å². The molecule has 9 nitrogen and oxygen atoms in total. The van der Waals surface area contributed by atoms with Gasteiger partial charge in [0.2, 0.25) is 0 Å². The summed E-state index contributed by atoms with van der Waals surface area (Å²) in [6.45, 7) is 0. The smallest absolute Gasteiger partial charge is 0.349 e. The van der Waals surface area contributed by atoms with Crippen LogP contribution in [0.1, 0.15) is 36.8 Å². The summed E-state index contributed by atoms with van der Waals surface area (Å²) < 4.78 is 0. The van der Waals surface area contributed by atoms with E-state index >= 15 is 0 Å². The Kier molecular flexibility index (Phi) is 8.36. The Morgan fingerprint density at radius 3 is 1.62 bits per heavy atom. The zero-order valence-corrected chi connectivity index (χ0v) is 23.6. The number of carbonyl (C=O) groups is 1. The summed E-state index contributed by atoms with van der Waals surface area (Å²) in [5, 5.41) is 41.0. The Morgan fingerprint density at radius 1 is 0.762 bits per heavy atom. The van der Waals surface area contributed by atoms with E-state index in [1.54, 1.807) is 0 Å². The van der Waals surface area contributed by atoms with Crippen molar-refractivity contribution in [3.05, 3.63) is 96.1 Å². The van der Waals surface area contributed by atoms with Crippen LogP contribution in [0.4, 0.5) is 0 Å². The number of nitrogens with two attached hydrogens (primary N) is 2. The van der Waals surface area contributed by atoms with E-state index in [0.29, 0.717) is 25.7 Å². The molecule has 4 aromatic carbocycles. The van der Waals surface area contributed by atoms with Crippen LogP contribution in [0.15, 0.2) is 95.2 Å². The second kappa shape index (κ2) is 12.0. The molecule has 0 amide bonds. The van der Waals surface area contributed by atoms with Crippen molar-refractivity contribution in [2.45, 2.75) is 36.9 Å². The molecule has 2 fully saturated rings. The van der Waals surface area contributed by atoms with Gasteiger partial charge in [0.05, 0.1) is 11.2 Å². The van der Waals surface area contributed by atoms with Gasteiger partial charge in [-0.3, -0.25) is 0 Å². The largest absolute Gasteiger partial charge is 0.409 e. The van der Waals surface area contributed by atoms with Crippen molar-refractivity contribution in [1.29, 1.82) is 0 Å². The lowest BCUT2D eigenvalue weighted by Crippen LogP contribution is -2.47. The Bertz CT molecular complexity index is 1660. The molecule has 0 atom stereocenters. The highest BCUT2D eigenvalue weighted by atomic mass is 35.5. The zero-order valence-electron chi connectivity index (χ0n) is 22.9. The minimum Gasteiger partial charge on any atom is -0.409 e. The number of hydrogen-bond acceptors (Lipinski definition) is 7. The summed E-state index contributed by atoms with van der Waals surface area (Å²) in [5.41, 5.74) is 11.3. The zero-order chi connectivity index (χ0) is 29.9. The topological polar surface area (TPSA) is 164 Å². The number of nitrogens with zero attached hydrogens (tertiary/aromatic N) is 2. The lowest BCUT2D eigenvalue weighted by molar-refractivity contribution is -0.140. The molecule has 7 N–H and O–H groups in total. The second-order valence-electron chi connectivity index (χ2n) is 11.0. The van der Waals surface area contributed by atoms with Crippen LogP contribution in [-0.4, -0.2) is 38.9 Å². The van der Waals surface area contributed by atoms with Crippen molar-refractivity contribution < 1.29 is 25.1 Å². The number of halogens is 1. The molecule has 2 saturated carbocycles. The fourth-order valence-corrected chi connectivity index (χ4v) is 5.69. The van der Waals surface area contributed by atoms with Crippen LogP contribution in [0.25, 0.3) is 21.5 Å². The predicted molar refractivity (Wildman–Crippen MR) is 163 cm³/mol. The van der Waals surface area contributed by atoms with Gasteiger partial charge in [0.15, 0.2) is 0 Å². The molecule has 0 bridgehead atoms. The first-order valence-corrected chi connectivity index (χ1v) is 14.2. The summed E-state index contributed by atoms with van der Waals surface area (Å²) >= 11 is 5.31. The molecule has 42 heavy (non-hydrogen) atoms. The minimum absolute atomic E-state index is 0.0403. The van der Waals surface area contributed by atoms with Gasteiger partial charge in [-0.05, 0) is 70.5 Å². The van der Waals surface area contributed by atoms with E-state index in [-0.39, 0.29) is 29.4 Å². The minimum atomic E-state index is -0.925. The van der Waals surface area contributed by atoms with E-state index in [4.69, 9.17) is 28.3 Å². The third-order valence-electron chi connectivity index (χ3n) is 8.22. The van der Waals surface area contributed by atoms with Crippen molar-refractivity contribution in [1.82, 2.24) is 0 Å². The fraction of sp³-hybridized carbons (Fsp3) is 0.281. The van der Waals surface area contributed by atoms with Crippen LogP contribution in [0, 0.1) is 11.8 Å². The molecule has 0 radical (unpaired) electrons. The number of rotatable bonds is 6. The first-order chi connectivity index (χ1) is 20.1. The SMILES string of the molecule is N/C(=N/O)C1CC(O)(c2ccc3ccccc3c2)C1.N/C(=N/OC(=O)CCl)C1CC(O)(c2ccc3ccccc3c2)C1. The molecule has 0 saturated heterocycles. The summed E-state index contributed by atoms with van der Waals surface area (Å²) in [6, 6.07) is 27.9. The van der Waals surface area contributed by atoms with Gasteiger partial charge in [-0.15, -0.1) is 11.6 Å². The molecule has 4 aromatic rings. The number of aliphatic hydroxyl groups is 2. The molecule has 2 aliphatic carbocycles. The highest BCUT2D eigenvalue weighted by Gasteiger charge is 2.47. The summed E-state index contributed by atoms with van der Waals surface area (Å²) in [6.07, 6.45) is 1.89. The molecule has 0 spiro atoms. The third-order valence-corrected chi connectivity index (χ3v) is 8.44. The van der Waals surface area contributed by atoms with E-state index in [0.717, 1.165) is 32.7 Å². The predicted octanol–water partition coefficient (Wildman–Crippen LogP) is 4.68. The second-order valence-corrected chi connectivity index (χ2v) is 11.3. The van der Waals surface area contributed by atoms with Gasteiger partial charge in [-0.2, -0.15) is 0 Å². The lowest BCUT2D eigenvalue weighted by atomic mass is 9.67. The van der Waals surface area contributed by atoms with E-state index in [1.807, 2.05) is 84.9 Å². The quantitative estimate of drug-likeness (QED) is 0.0545. The average molecular weight is 589 g/mol. The Labute approximate surface area is 248 Å². The van der Waals surface area contributed by atoms with Crippen molar-refractivity contribution in [2.24, 2.45) is 33.6 Å². The lowest BCUT2D eigenvalue weighted by Gasteiger charge is -2.43. The van der Waals surface area contributed by atoms with Crippen molar-refractivity contribution in [3.8, 4) is 0 Å². The van der Waals surface area contributed by atoms with Gasteiger partial charge >= 0.3 is 5.97 Å². The highest BCUT2D eigenvalue weighted by Crippen LogP contribution is 2.47. The number of hydrogen-bond donors (Lipinski definition) is 5. The van der Waals surface area contributed by atoms with Crippen LogP contribution in [0.5, 0.6) is 0 Å². The van der Waals surface area contributed by atoms with Crippen molar-refractivity contribution >= 4 is 50.8 Å². The summed E-state index contributed by atoms with van der Waals surface area (Å²) in [4.78, 5) is 15.5. The van der Waals surface area contributed by atoms with Crippen LogP contribution in [0.3, 0.4) is 0 Å². The Morgan fingerprint density at radius 2 is 1.19 bits per heavy atom. The number of oxime groups is 2. The van der Waals surface area contributed by atoms with E-state index in [2.05, 4.69) is 15.1 Å². The van der Waals surface area contributed by atoms with Gasteiger partial charge < -0.3 is 31.7 Å². The number of benzene rings is 4. The van der Waals surface area contributed by atoms with Crippen molar-refractivity contribution in [3.63, 3.8) is 0 Å². The molecular formula is C32H33ClN4O5. The number of fused-ring (bicyclic) bond motifs is 2. The van der Waals surface area contributed by atoms with Gasteiger partial charge in [0.25, 0.3) is 0 Å². The highest BCUT2D eigenvalue weighted by molar-refractivity contribution is 6.26. The molecule has 0 unspecified atom stereocenters. The number of alkyl halides is 1. The summed E-state index contributed by atoms with van der Waals surface area (Å²) in [7, 11) is 0. The monoisotopic (exact) mass is 588 g/mol. The van der Waals surface area contributed by atoms with Crippen molar-refractivity contribution in [2.75, 3.05) is 5.88 Å². The molecule has 2 aliphatic rings. The molecule has 6 rings (SSSR count). The van der Waals surface area contributed by atoms with Crippen LogP contribution in [0.2, 0.25) is 0 Å². The maximum Gasteiger partial charge on any atom is 0.349 e. The fourth-order valence-electron chi connectivity index (χ4n) is 5.64. The van der Waals surface area contributed by atoms with Crippen LogP contribution < -0.4 is 11.5 Å². The van der Waals surface area contributed by atoms with Gasteiger partial charge in [-0.1, -0.05) is 83.1 Å². The first kappa shape index (κ1) is 29.3. The van der Waals surface area contributed by atoms with Gasteiger partial charge in [0.1, 0.15) is 17.6 Å². The van der Waals surface area contributed by atoms with Crippen LogP contribution >= 0.6 is 11.6 Å². The molecule has 10 heteroatoms. The Hall–Kier alpha value is -4.18. The number of carbonyl (C=O) groups excluding carboxylic acids is 1. The molecule has 218 valence electrons. The molecule has 0 aliphatic heterocycles. The molecule has 0 heterocycles. The Balaban J connectivity index is 0.000000171. The van der Waals surface area contributed by atoms with E-state index < -0.39 is 17.2 Å². The van der Waals surface area contributed by atoms with Gasteiger partial charge in [-0.25, -0.2) is 4.79 Å². The first-order valence-electron chi connectivity index (χ1n) is 13.6. The number of amidine groups is 2. The standard InChI is InChI=1S/C17H17ClN2O3.C15H16N2O2/c18-10-15(21)23-20-16(19)13-8-17(22,9-13)14-6-5-11-3-1-2-4-12(11)7-14;16-14(17-19)12-8-15(18,9-12)13-6-5-10-3-1-2-4-11(10)7-13/h1-7,13,22H,8-10H2,(H2,19,20);1-7,12,18-19H,8-9H2,(H2,16,17). The van der Waals surface area contributed by atoms with E-state index in [1.165, 1.54) is 0 Å². The maximum absolute atomic E-state index is 11.0. The van der Waals surface area contributed by atoms with E-state index in [9.17, 15) is 15.0 Å². The normalized spacial score (nSPS) is 25.6. The van der Waals surface area contributed by atoms with Gasteiger partial charge in [0, 0.05) is 11.8 Å². The molecule has 0 aromatic heterocycles. The summed E-state index contributed by atoms with van der Waals surface area (Å²) in [5.74, 6) is -0.683. The maximum atomic E-state index is 11.0. The average Bonchev–Trinajstić information content (AvgIpc) is 2.99.